The highest BCUT2D eigenvalue weighted by atomic mass is 127. The topological polar surface area (TPSA) is 58.1 Å². The number of halogens is 1. The summed E-state index contributed by atoms with van der Waals surface area (Å²) in [6.45, 7) is 5.80. The zero-order chi connectivity index (χ0) is 18.2. The first kappa shape index (κ1) is 22.2. The summed E-state index contributed by atoms with van der Waals surface area (Å²) in [6.07, 6.45) is 3.69. The number of guanidine groups is 1. The van der Waals surface area contributed by atoms with Crippen molar-refractivity contribution in [1.29, 1.82) is 0 Å². The van der Waals surface area contributed by atoms with Crippen LogP contribution in [0.2, 0.25) is 0 Å². The van der Waals surface area contributed by atoms with Crippen molar-refractivity contribution in [2.24, 2.45) is 10.9 Å². The number of methoxy groups -OCH3 is 1. The molecule has 7 heteroatoms. The zero-order valence-corrected chi connectivity index (χ0v) is 18.8. The lowest BCUT2D eigenvalue weighted by Gasteiger charge is -2.29. The third-order valence-corrected chi connectivity index (χ3v) is 5.35. The quantitative estimate of drug-likeness (QED) is 0.351. The molecule has 3 rings (SSSR count). The van der Waals surface area contributed by atoms with Crippen LogP contribution in [0.25, 0.3) is 0 Å². The normalized spacial score (nSPS) is 21.6. The van der Waals surface area contributed by atoms with Crippen LogP contribution in [0, 0.1) is 5.92 Å². The number of benzene rings is 1. The van der Waals surface area contributed by atoms with Gasteiger partial charge in [0, 0.05) is 32.7 Å². The molecule has 0 aliphatic carbocycles. The summed E-state index contributed by atoms with van der Waals surface area (Å²) in [7, 11) is 3.54. The van der Waals surface area contributed by atoms with E-state index >= 15 is 0 Å². The minimum Gasteiger partial charge on any atom is -0.497 e. The van der Waals surface area contributed by atoms with E-state index in [1.165, 1.54) is 18.4 Å². The Balaban J connectivity index is 0.00000261. The molecule has 0 spiro atoms. The lowest BCUT2D eigenvalue weighted by molar-refractivity contribution is 0.186. The minimum atomic E-state index is 0. The average Bonchev–Trinajstić information content (AvgIpc) is 3.39. The van der Waals surface area contributed by atoms with Gasteiger partial charge in [0.2, 0.25) is 0 Å². The fourth-order valence-electron chi connectivity index (χ4n) is 3.74. The molecule has 2 saturated heterocycles. The average molecular weight is 488 g/mol. The Bertz CT molecular complexity index is 570. The fourth-order valence-corrected chi connectivity index (χ4v) is 3.74. The molecule has 2 aliphatic heterocycles. The van der Waals surface area contributed by atoms with Crippen LogP contribution in [0.15, 0.2) is 29.3 Å². The predicted molar refractivity (Wildman–Crippen MR) is 120 cm³/mol. The molecule has 0 bridgehead atoms. The molecular weight excluding hydrogens is 455 g/mol. The molecule has 2 unspecified atom stereocenters. The number of aliphatic imine (C=N–C) groups is 1. The van der Waals surface area contributed by atoms with Gasteiger partial charge in [0.05, 0.1) is 19.8 Å². The van der Waals surface area contributed by atoms with E-state index < -0.39 is 0 Å². The third kappa shape index (κ3) is 6.50. The SMILES string of the molecule is CN=C(NCC1CCOC1)NCC(c1ccc(OC)cc1)N1CCCC1.I. The second kappa shape index (κ2) is 11.7. The van der Waals surface area contributed by atoms with E-state index in [-0.39, 0.29) is 24.0 Å². The number of hydrogen-bond donors (Lipinski definition) is 2. The molecule has 0 amide bonds. The summed E-state index contributed by atoms with van der Waals surface area (Å²) in [5.74, 6) is 2.36. The highest BCUT2D eigenvalue weighted by Crippen LogP contribution is 2.26. The Morgan fingerprint density at radius 3 is 2.59 bits per heavy atom. The van der Waals surface area contributed by atoms with Crippen molar-refractivity contribution in [2.45, 2.75) is 25.3 Å². The van der Waals surface area contributed by atoms with E-state index in [1.807, 2.05) is 19.2 Å². The standard InChI is InChI=1S/C20H32N4O2.HI/c1-21-20(22-13-16-9-12-26-15-16)23-14-19(24-10-3-4-11-24)17-5-7-18(25-2)8-6-17;/h5-8,16,19H,3-4,9-15H2,1-2H3,(H2,21,22,23);1H. The van der Waals surface area contributed by atoms with Gasteiger partial charge in [0.25, 0.3) is 0 Å². The summed E-state index contributed by atoms with van der Waals surface area (Å²) in [6, 6.07) is 8.79. The fraction of sp³-hybridized carbons (Fsp3) is 0.650. The Hall–Kier alpha value is -1.06. The largest absolute Gasteiger partial charge is 0.497 e. The first-order chi connectivity index (χ1) is 12.8. The van der Waals surface area contributed by atoms with Gasteiger partial charge in [-0.3, -0.25) is 9.89 Å². The van der Waals surface area contributed by atoms with Crippen LogP contribution in [-0.4, -0.2) is 64.4 Å². The van der Waals surface area contributed by atoms with Crippen LogP contribution >= 0.6 is 24.0 Å². The smallest absolute Gasteiger partial charge is 0.191 e. The number of nitrogens with zero attached hydrogens (tertiary/aromatic N) is 2. The van der Waals surface area contributed by atoms with Gasteiger partial charge in [-0.05, 0) is 50.0 Å². The zero-order valence-electron chi connectivity index (χ0n) is 16.4. The highest BCUT2D eigenvalue weighted by Gasteiger charge is 2.24. The van der Waals surface area contributed by atoms with Crippen molar-refractivity contribution in [3.05, 3.63) is 29.8 Å². The van der Waals surface area contributed by atoms with E-state index in [9.17, 15) is 0 Å². The Labute approximate surface area is 180 Å². The molecule has 2 atom stereocenters. The van der Waals surface area contributed by atoms with Crippen molar-refractivity contribution < 1.29 is 9.47 Å². The highest BCUT2D eigenvalue weighted by molar-refractivity contribution is 14.0. The van der Waals surface area contributed by atoms with Crippen LogP contribution in [0.5, 0.6) is 5.75 Å². The van der Waals surface area contributed by atoms with E-state index in [1.54, 1.807) is 7.11 Å². The maximum Gasteiger partial charge on any atom is 0.191 e. The monoisotopic (exact) mass is 488 g/mol. The van der Waals surface area contributed by atoms with Gasteiger partial charge in [-0.1, -0.05) is 12.1 Å². The number of rotatable bonds is 7. The summed E-state index contributed by atoms with van der Waals surface area (Å²) >= 11 is 0. The van der Waals surface area contributed by atoms with Crippen LogP contribution < -0.4 is 15.4 Å². The maximum absolute atomic E-state index is 5.45. The van der Waals surface area contributed by atoms with E-state index in [0.29, 0.717) is 12.0 Å². The van der Waals surface area contributed by atoms with Gasteiger partial charge < -0.3 is 20.1 Å². The lowest BCUT2D eigenvalue weighted by Crippen LogP contribution is -2.44. The first-order valence-corrected chi connectivity index (χ1v) is 9.70. The van der Waals surface area contributed by atoms with Crippen LogP contribution in [0.3, 0.4) is 0 Å². The first-order valence-electron chi connectivity index (χ1n) is 9.70. The molecule has 0 radical (unpaired) electrons. The molecule has 2 fully saturated rings. The van der Waals surface area contributed by atoms with Crippen molar-refractivity contribution in [3.63, 3.8) is 0 Å². The van der Waals surface area contributed by atoms with Gasteiger partial charge in [-0.25, -0.2) is 0 Å². The number of likely N-dealkylation sites (tertiary alicyclic amines) is 1. The molecule has 2 N–H and O–H groups in total. The van der Waals surface area contributed by atoms with E-state index in [4.69, 9.17) is 9.47 Å². The maximum atomic E-state index is 5.45. The summed E-state index contributed by atoms with van der Waals surface area (Å²) in [5, 5.41) is 6.97. The van der Waals surface area contributed by atoms with Crippen LogP contribution in [0.1, 0.15) is 30.9 Å². The molecule has 2 aliphatic rings. The summed E-state index contributed by atoms with van der Waals surface area (Å²) in [5.41, 5.74) is 1.32. The second-order valence-electron chi connectivity index (χ2n) is 7.10. The Kier molecular flexibility index (Phi) is 9.64. The van der Waals surface area contributed by atoms with Crippen molar-refractivity contribution in [3.8, 4) is 5.75 Å². The molecule has 1 aromatic carbocycles. The van der Waals surface area contributed by atoms with Crippen molar-refractivity contribution in [2.75, 3.05) is 53.6 Å². The minimum absolute atomic E-state index is 0. The van der Waals surface area contributed by atoms with Crippen LogP contribution in [-0.2, 0) is 4.74 Å². The van der Waals surface area contributed by atoms with Gasteiger partial charge in [-0.15, -0.1) is 24.0 Å². The molecule has 1 aromatic rings. The van der Waals surface area contributed by atoms with Crippen molar-refractivity contribution in [1.82, 2.24) is 15.5 Å². The molecule has 0 saturated carbocycles. The van der Waals surface area contributed by atoms with Crippen molar-refractivity contribution >= 4 is 29.9 Å². The summed E-state index contributed by atoms with van der Waals surface area (Å²) in [4.78, 5) is 6.95. The lowest BCUT2D eigenvalue weighted by atomic mass is 10.1. The number of hydrogen-bond acceptors (Lipinski definition) is 4. The number of ether oxygens (including phenoxy) is 2. The Morgan fingerprint density at radius 1 is 1.26 bits per heavy atom. The van der Waals surface area contributed by atoms with Crippen LogP contribution in [0.4, 0.5) is 0 Å². The second-order valence-corrected chi connectivity index (χ2v) is 7.10. The van der Waals surface area contributed by atoms with Gasteiger partial charge >= 0.3 is 0 Å². The van der Waals surface area contributed by atoms with Gasteiger partial charge in [0.1, 0.15) is 5.75 Å². The van der Waals surface area contributed by atoms with Gasteiger partial charge in [-0.2, -0.15) is 0 Å². The molecule has 27 heavy (non-hydrogen) atoms. The van der Waals surface area contributed by atoms with Gasteiger partial charge in [0.15, 0.2) is 5.96 Å². The van der Waals surface area contributed by atoms with E-state index in [2.05, 4.69) is 32.7 Å². The molecule has 2 heterocycles. The molecule has 6 nitrogen and oxygen atoms in total. The number of nitrogens with one attached hydrogen (secondary N) is 2. The summed E-state index contributed by atoms with van der Waals surface area (Å²) < 4.78 is 10.8. The van der Waals surface area contributed by atoms with E-state index in [0.717, 1.165) is 57.5 Å². The molecule has 152 valence electrons. The Morgan fingerprint density at radius 2 is 2.00 bits per heavy atom. The molecule has 0 aromatic heterocycles. The predicted octanol–water partition coefficient (Wildman–Crippen LogP) is 2.65. The third-order valence-electron chi connectivity index (χ3n) is 5.35. The molecular formula is C20H33IN4O2.